The predicted molar refractivity (Wildman–Crippen MR) is 80.7 cm³/mol. The van der Waals surface area contributed by atoms with Crippen LogP contribution >= 0.6 is 0 Å². The van der Waals surface area contributed by atoms with Gasteiger partial charge in [-0.2, -0.15) is 5.10 Å². The van der Waals surface area contributed by atoms with Crippen molar-refractivity contribution in [2.45, 2.75) is 33.2 Å². The first kappa shape index (κ1) is 15.0. The van der Waals surface area contributed by atoms with Crippen molar-refractivity contribution in [1.82, 2.24) is 15.5 Å². The summed E-state index contributed by atoms with van der Waals surface area (Å²) in [5.41, 5.74) is 2.53. The molecule has 0 fully saturated rings. The van der Waals surface area contributed by atoms with E-state index in [1.807, 2.05) is 20.8 Å². The van der Waals surface area contributed by atoms with Gasteiger partial charge in [0.2, 0.25) is 0 Å². The van der Waals surface area contributed by atoms with Crippen LogP contribution in [0.5, 0.6) is 0 Å². The third-order valence-electron chi connectivity index (χ3n) is 2.95. The van der Waals surface area contributed by atoms with Crippen LogP contribution in [-0.4, -0.2) is 22.3 Å². The van der Waals surface area contributed by atoms with Crippen molar-refractivity contribution in [1.29, 1.82) is 0 Å². The third kappa shape index (κ3) is 3.59. The summed E-state index contributed by atoms with van der Waals surface area (Å²) in [6.45, 7) is 5.71. The van der Waals surface area contributed by atoms with Crippen LogP contribution in [0.25, 0.3) is 11.3 Å². The van der Waals surface area contributed by atoms with Crippen LogP contribution in [0, 0.1) is 5.82 Å². The van der Waals surface area contributed by atoms with Crippen molar-refractivity contribution in [3.63, 3.8) is 0 Å². The molecule has 6 heteroatoms. The number of nitrogens with one attached hydrogen (secondary N) is 3. The van der Waals surface area contributed by atoms with Gasteiger partial charge in [0, 0.05) is 11.6 Å². The monoisotopic (exact) mass is 290 g/mol. The van der Waals surface area contributed by atoms with Gasteiger partial charge in [-0.05, 0) is 32.4 Å². The number of hydrogen-bond acceptors (Lipinski definition) is 2. The van der Waals surface area contributed by atoms with Crippen LogP contribution in [0.1, 0.15) is 26.5 Å². The number of H-pyrrole nitrogens is 1. The number of aryl methyl sites for hydroxylation is 1. The van der Waals surface area contributed by atoms with Gasteiger partial charge in [-0.1, -0.05) is 19.1 Å². The molecule has 112 valence electrons. The van der Waals surface area contributed by atoms with Gasteiger partial charge in [-0.15, -0.1) is 0 Å². The zero-order valence-corrected chi connectivity index (χ0v) is 12.3. The first-order chi connectivity index (χ1) is 10.0. The van der Waals surface area contributed by atoms with E-state index >= 15 is 0 Å². The minimum absolute atomic E-state index is 0.0274. The topological polar surface area (TPSA) is 69.8 Å². The first-order valence-corrected chi connectivity index (χ1v) is 6.92. The molecule has 1 aromatic carbocycles. The van der Waals surface area contributed by atoms with Crippen molar-refractivity contribution in [3.05, 3.63) is 35.8 Å². The van der Waals surface area contributed by atoms with Gasteiger partial charge in [0.1, 0.15) is 11.5 Å². The number of urea groups is 1. The Balaban J connectivity index is 2.35. The number of nitrogens with zero attached hydrogens (tertiary/aromatic N) is 1. The molecular weight excluding hydrogens is 271 g/mol. The number of carbonyl (C=O) groups excluding carboxylic acids is 1. The molecule has 21 heavy (non-hydrogen) atoms. The summed E-state index contributed by atoms with van der Waals surface area (Å²) in [6.07, 6.45) is 0.680. The van der Waals surface area contributed by atoms with Crippen molar-refractivity contribution < 1.29 is 9.18 Å². The second-order valence-corrected chi connectivity index (χ2v) is 5.04. The Morgan fingerprint density at radius 3 is 2.81 bits per heavy atom. The van der Waals surface area contributed by atoms with Gasteiger partial charge in [-0.3, -0.25) is 5.10 Å². The van der Waals surface area contributed by atoms with E-state index in [9.17, 15) is 9.18 Å². The molecule has 2 aromatic rings. The number of carbonyl (C=O) groups is 1. The Morgan fingerprint density at radius 2 is 2.19 bits per heavy atom. The van der Waals surface area contributed by atoms with Crippen LogP contribution in [0.15, 0.2) is 24.3 Å². The fourth-order valence-electron chi connectivity index (χ4n) is 2.03. The molecule has 2 rings (SSSR count). The van der Waals surface area contributed by atoms with Crippen molar-refractivity contribution in [2.75, 3.05) is 5.32 Å². The van der Waals surface area contributed by atoms with Crippen molar-refractivity contribution in [2.24, 2.45) is 0 Å². The largest absolute Gasteiger partial charge is 0.336 e. The molecule has 5 nitrogen and oxygen atoms in total. The second kappa shape index (κ2) is 6.39. The Kier molecular flexibility index (Phi) is 4.57. The van der Waals surface area contributed by atoms with Crippen molar-refractivity contribution in [3.8, 4) is 11.3 Å². The molecule has 1 heterocycles. The maximum atomic E-state index is 13.4. The van der Waals surface area contributed by atoms with Gasteiger partial charge in [0.05, 0.1) is 11.4 Å². The smallest absolute Gasteiger partial charge is 0.319 e. The van der Waals surface area contributed by atoms with Gasteiger partial charge in [0.25, 0.3) is 0 Å². The summed E-state index contributed by atoms with van der Waals surface area (Å²) >= 11 is 0. The molecule has 0 bridgehead atoms. The number of anilines is 1. The average Bonchev–Trinajstić information content (AvgIpc) is 2.80. The summed E-state index contributed by atoms with van der Waals surface area (Å²) in [6, 6.07) is 5.85. The molecule has 1 aromatic heterocycles. The number of benzene rings is 1. The van der Waals surface area contributed by atoms with E-state index in [1.165, 1.54) is 12.1 Å². The molecule has 2 amide bonds. The Bertz CT molecular complexity index is 636. The summed E-state index contributed by atoms with van der Waals surface area (Å²) < 4.78 is 13.4. The number of aromatic nitrogens is 2. The molecule has 0 unspecified atom stereocenters. The van der Waals surface area contributed by atoms with Crippen LogP contribution in [0.3, 0.4) is 0 Å². The van der Waals surface area contributed by atoms with Crippen LogP contribution < -0.4 is 10.6 Å². The highest BCUT2D eigenvalue weighted by Crippen LogP contribution is 2.29. The minimum Gasteiger partial charge on any atom is -0.336 e. The number of aromatic amines is 1. The molecular formula is C15H19FN4O. The fraction of sp³-hybridized carbons (Fsp3) is 0.333. The summed E-state index contributed by atoms with van der Waals surface area (Å²) in [5, 5.41) is 12.6. The molecule has 0 saturated heterocycles. The predicted octanol–water partition coefficient (Wildman–Crippen LogP) is 3.31. The minimum atomic E-state index is -0.342. The maximum absolute atomic E-state index is 13.4. The maximum Gasteiger partial charge on any atom is 0.319 e. The summed E-state index contributed by atoms with van der Waals surface area (Å²) in [4.78, 5) is 11.9. The van der Waals surface area contributed by atoms with Crippen LogP contribution in [0.4, 0.5) is 14.9 Å². The van der Waals surface area contributed by atoms with Crippen LogP contribution in [0.2, 0.25) is 0 Å². The zero-order chi connectivity index (χ0) is 15.4. The molecule has 0 aliphatic rings. The molecule has 0 saturated carbocycles. The molecule has 0 aliphatic carbocycles. The van der Waals surface area contributed by atoms with E-state index in [0.29, 0.717) is 23.4 Å². The lowest BCUT2D eigenvalue weighted by Crippen LogP contribution is -2.34. The molecule has 0 spiro atoms. The van der Waals surface area contributed by atoms with Gasteiger partial charge >= 0.3 is 6.03 Å². The van der Waals surface area contributed by atoms with Gasteiger partial charge in [-0.25, -0.2) is 9.18 Å². The average molecular weight is 290 g/mol. The van der Waals surface area contributed by atoms with E-state index < -0.39 is 0 Å². The van der Waals surface area contributed by atoms with Gasteiger partial charge in [0.15, 0.2) is 0 Å². The highest BCUT2D eigenvalue weighted by atomic mass is 19.1. The Hall–Kier alpha value is -2.37. The number of halogens is 1. The Morgan fingerprint density at radius 1 is 1.43 bits per heavy atom. The quantitative estimate of drug-likeness (QED) is 0.808. The molecule has 0 radical (unpaired) electrons. The standard InChI is InChI=1S/C15H19FN4O/c1-4-12-14(18-15(21)17-9(2)3)13(20-19-12)10-6-5-7-11(16)8-10/h5-9H,4H2,1-3H3,(H,19,20)(H2,17,18,21). The highest BCUT2D eigenvalue weighted by molar-refractivity contribution is 5.94. The van der Waals surface area contributed by atoms with E-state index in [-0.39, 0.29) is 17.9 Å². The normalized spacial score (nSPS) is 10.7. The number of hydrogen-bond donors (Lipinski definition) is 3. The lowest BCUT2D eigenvalue weighted by atomic mass is 10.1. The molecule has 3 N–H and O–H groups in total. The molecule has 0 aliphatic heterocycles. The molecule has 0 atom stereocenters. The number of rotatable bonds is 4. The van der Waals surface area contributed by atoms with E-state index in [4.69, 9.17) is 0 Å². The second-order valence-electron chi connectivity index (χ2n) is 5.04. The SMILES string of the molecule is CCc1[nH]nc(-c2cccc(F)c2)c1NC(=O)NC(C)C. The lowest BCUT2D eigenvalue weighted by Gasteiger charge is -2.11. The van der Waals surface area contributed by atoms with Gasteiger partial charge < -0.3 is 10.6 Å². The summed E-state index contributed by atoms with van der Waals surface area (Å²) in [7, 11) is 0. The lowest BCUT2D eigenvalue weighted by molar-refractivity contribution is 0.250. The van der Waals surface area contributed by atoms with E-state index in [0.717, 1.165) is 5.69 Å². The fourth-order valence-corrected chi connectivity index (χ4v) is 2.03. The van der Waals surface area contributed by atoms with Crippen LogP contribution in [-0.2, 0) is 6.42 Å². The van der Waals surface area contributed by atoms with E-state index in [2.05, 4.69) is 20.8 Å². The zero-order valence-electron chi connectivity index (χ0n) is 12.3. The third-order valence-corrected chi connectivity index (χ3v) is 2.95. The Labute approximate surface area is 123 Å². The van der Waals surface area contributed by atoms with Crippen molar-refractivity contribution >= 4 is 11.7 Å². The van der Waals surface area contributed by atoms with E-state index in [1.54, 1.807) is 12.1 Å². The number of amides is 2. The highest BCUT2D eigenvalue weighted by Gasteiger charge is 2.17. The first-order valence-electron chi connectivity index (χ1n) is 6.92. The summed E-state index contributed by atoms with van der Waals surface area (Å²) in [5.74, 6) is -0.342.